The number of halogens is 1. The number of hydrogen-bond acceptors (Lipinski definition) is 3. The quantitative estimate of drug-likeness (QED) is 0.825. The van der Waals surface area contributed by atoms with Gasteiger partial charge in [-0.2, -0.15) is 0 Å². The Labute approximate surface area is 127 Å². The lowest BCUT2D eigenvalue weighted by Gasteiger charge is -2.10. The van der Waals surface area contributed by atoms with E-state index >= 15 is 0 Å². The zero-order chi connectivity index (χ0) is 15.6. The van der Waals surface area contributed by atoms with Crippen LogP contribution in [-0.2, 0) is 11.8 Å². The van der Waals surface area contributed by atoms with Crippen molar-refractivity contribution >= 4 is 23.3 Å². The van der Waals surface area contributed by atoms with Gasteiger partial charge in [-0.15, -0.1) is 0 Å². The van der Waals surface area contributed by atoms with Crippen LogP contribution in [0.25, 0.3) is 0 Å². The number of carbonyl (C=O) groups excluding carboxylic acids is 2. The fourth-order valence-electron chi connectivity index (χ4n) is 2.16. The molecule has 1 atom stereocenters. The number of carbonyl (C=O) groups is 2. The Bertz CT molecular complexity index is 677. The molecular formula is C15H16ClN3O2. The van der Waals surface area contributed by atoms with Crippen molar-refractivity contribution in [2.45, 2.75) is 12.5 Å². The second-order valence-electron chi connectivity index (χ2n) is 4.88. The molecule has 2 aromatic rings. The molecule has 0 saturated heterocycles. The van der Waals surface area contributed by atoms with Gasteiger partial charge >= 0.3 is 0 Å². The van der Waals surface area contributed by atoms with Crippen LogP contribution in [-0.4, -0.2) is 16.3 Å². The van der Waals surface area contributed by atoms with E-state index in [1.165, 1.54) is 0 Å². The van der Waals surface area contributed by atoms with Crippen LogP contribution < -0.4 is 11.5 Å². The monoisotopic (exact) mass is 305 g/mol. The second kappa shape index (κ2) is 6.11. The van der Waals surface area contributed by atoms with Gasteiger partial charge in [-0.1, -0.05) is 11.6 Å². The van der Waals surface area contributed by atoms with Gasteiger partial charge < -0.3 is 16.0 Å². The van der Waals surface area contributed by atoms with E-state index < -0.39 is 11.9 Å². The third-order valence-corrected chi connectivity index (χ3v) is 3.46. The van der Waals surface area contributed by atoms with E-state index in [-0.39, 0.29) is 12.2 Å². The maximum atomic E-state index is 12.4. The highest BCUT2D eigenvalue weighted by Gasteiger charge is 2.17. The summed E-state index contributed by atoms with van der Waals surface area (Å²) in [5.74, 6) is -0.603. The number of benzene rings is 1. The highest BCUT2D eigenvalue weighted by Crippen LogP contribution is 2.20. The molecular weight excluding hydrogens is 290 g/mol. The molecule has 0 aliphatic carbocycles. The summed E-state index contributed by atoms with van der Waals surface area (Å²) in [6.45, 7) is 0. The maximum absolute atomic E-state index is 12.4. The molecule has 0 saturated carbocycles. The van der Waals surface area contributed by atoms with Crippen molar-refractivity contribution in [3.63, 3.8) is 0 Å². The maximum Gasteiger partial charge on any atom is 0.219 e. The summed E-state index contributed by atoms with van der Waals surface area (Å²) in [6, 6.07) is 7.82. The van der Waals surface area contributed by atoms with E-state index in [0.29, 0.717) is 21.8 Å². The van der Waals surface area contributed by atoms with Crippen LogP contribution in [0.15, 0.2) is 36.5 Å². The van der Waals surface area contributed by atoms with E-state index in [0.717, 1.165) is 0 Å². The molecule has 0 radical (unpaired) electrons. The van der Waals surface area contributed by atoms with Gasteiger partial charge in [-0.05, 0) is 30.3 Å². The fourth-order valence-corrected chi connectivity index (χ4v) is 2.29. The first-order valence-electron chi connectivity index (χ1n) is 6.39. The van der Waals surface area contributed by atoms with Crippen LogP contribution in [0.5, 0.6) is 0 Å². The predicted octanol–water partition coefficient (Wildman–Crippen LogP) is 1.78. The molecule has 5 nitrogen and oxygen atoms in total. The lowest BCUT2D eigenvalue weighted by Crippen LogP contribution is -2.22. The van der Waals surface area contributed by atoms with Gasteiger partial charge in [0.15, 0.2) is 5.78 Å². The number of hydrogen-bond donors (Lipinski definition) is 2. The Morgan fingerprint density at radius 2 is 1.86 bits per heavy atom. The van der Waals surface area contributed by atoms with E-state index in [4.69, 9.17) is 23.1 Å². The first kappa shape index (κ1) is 15.3. The smallest absolute Gasteiger partial charge is 0.219 e. The molecule has 1 aromatic heterocycles. The molecule has 0 spiro atoms. The number of nitrogens with zero attached hydrogens (tertiary/aromatic N) is 1. The molecule has 0 bridgehead atoms. The first-order valence-corrected chi connectivity index (χ1v) is 6.76. The summed E-state index contributed by atoms with van der Waals surface area (Å²) in [6.07, 6.45) is 1.72. The molecule has 0 fully saturated rings. The Morgan fingerprint density at radius 1 is 1.24 bits per heavy atom. The Morgan fingerprint density at radius 3 is 2.43 bits per heavy atom. The van der Waals surface area contributed by atoms with Gasteiger partial charge in [-0.3, -0.25) is 9.59 Å². The van der Waals surface area contributed by atoms with E-state index in [1.807, 2.05) is 0 Å². The molecule has 1 unspecified atom stereocenters. The van der Waals surface area contributed by atoms with Gasteiger partial charge in [-0.25, -0.2) is 0 Å². The lowest BCUT2D eigenvalue weighted by atomic mass is 10.0. The predicted molar refractivity (Wildman–Crippen MR) is 81.0 cm³/mol. The van der Waals surface area contributed by atoms with Crippen molar-refractivity contribution in [2.75, 3.05) is 0 Å². The summed E-state index contributed by atoms with van der Waals surface area (Å²) in [5, 5.41) is 0.573. The Kier molecular flexibility index (Phi) is 4.45. The molecule has 1 heterocycles. The molecule has 0 aliphatic heterocycles. The van der Waals surface area contributed by atoms with Gasteiger partial charge in [0.1, 0.15) is 0 Å². The highest BCUT2D eigenvalue weighted by atomic mass is 35.5. The third kappa shape index (κ3) is 3.51. The minimum atomic E-state index is -0.528. The third-order valence-electron chi connectivity index (χ3n) is 3.21. The van der Waals surface area contributed by atoms with Crippen molar-refractivity contribution in [1.29, 1.82) is 0 Å². The van der Waals surface area contributed by atoms with Crippen LogP contribution in [0, 0.1) is 0 Å². The lowest BCUT2D eigenvalue weighted by molar-refractivity contribution is -0.118. The van der Waals surface area contributed by atoms with Crippen molar-refractivity contribution in [3.8, 4) is 0 Å². The number of primary amides is 1. The van der Waals surface area contributed by atoms with Gasteiger partial charge in [0.2, 0.25) is 5.91 Å². The van der Waals surface area contributed by atoms with Crippen molar-refractivity contribution < 1.29 is 9.59 Å². The minimum absolute atomic E-state index is 0.0342. The van der Waals surface area contributed by atoms with Crippen molar-refractivity contribution in [1.82, 2.24) is 4.57 Å². The zero-order valence-electron chi connectivity index (χ0n) is 11.5. The average molecular weight is 306 g/mol. The second-order valence-corrected chi connectivity index (χ2v) is 5.31. The van der Waals surface area contributed by atoms with Gasteiger partial charge in [0.05, 0.1) is 6.04 Å². The van der Waals surface area contributed by atoms with Crippen LogP contribution in [0.1, 0.15) is 34.1 Å². The molecule has 2 rings (SSSR count). The first-order chi connectivity index (χ1) is 9.88. The molecule has 110 valence electrons. The number of aromatic nitrogens is 1. The SMILES string of the molecule is Cn1cc(C(=O)c2ccc(Cl)cc2)cc1C(N)CC(N)=O. The largest absolute Gasteiger partial charge is 0.370 e. The number of rotatable bonds is 5. The molecule has 4 N–H and O–H groups in total. The number of ketones is 1. The van der Waals surface area contributed by atoms with E-state index in [1.54, 1.807) is 48.1 Å². The van der Waals surface area contributed by atoms with Crippen LogP contribution in [0.4, 0.5) is 0 Å². The summed E-state index contributed by atoms with van der Waals surface area (Å²) in [7, 11) is 1.77. The van der Waals surface area contributed by atoms with Crippen LogP contribution >= 0.6 is 11.6 Å². The van der Waals surface area contributed by atoms with Gasteiger partial charge in [0.25, 0.3) is 0 Å². The fraction of sp³-hybridized carbons (Fsp3) is 0.200. The van der Waals surface area contributed by atoms with E-state index in [9.17, 15) is 9.59 Å². The molecule has 6 heteroatoms. The standard InChI is InChI=1S/C15H16ClN3O2/c1-19-8-10(6-13(19)12(17)7-14(18)20)15(21)9-2-4-11(16)5-3-9/h2-6,8,12H,7,17H2,1H3,(H2,18,20). The van der Waals surface area contributed by atoms with Crippen LogP contribution in [0.2, 0.25) is 5.02 Å². The Balaban J connectivity index is 2.27. The number of aryl methyl sites for hydroxylation is 1. The summed E-state index contributed by atoms with van der Waals surface area (Å²) >= 11 is 5.81. The summed E-state index contributed by atoms with van der Waals surface area (Å²) in [4.78, 5) is 23.3. The molecule has 21 heavy (non-hydrogen) atoms. The van der Waals surface area contributed by atoms with Crippen molar-refractivity contribution in [3.05, 3.63) is 58.4 Å². The number of amides is 1. The zero-order valence-corrected chi connectivity index (χ0v) is 12.3. The normalized spacial score (nSPS) is 12.1. The molecule has 0 aliphatic rings. The molecule has 1 amide bonds. The average Bonchev–Trinajstić information content (AvgIpc) is 2.80. The topological polar surface area (TPSA) is 91.1 Å². The minimum Gasteiger partial charge on any atom is -0.370 e. The summed E-state index contributed by atoms with van der Waals surface area (Å²) < 4.78 is 1.73. The Hall–Kier alpha value is -2.11. The molecule has 1 aromatic carbocycles. The van der Waals surface area contributed by atoms with Crippen molar-refractivity contribution in [2.24, 2.45) is 18.5 Å². The van der Waals surface area contributed by atoms with E-state index in [2.05, 4.69) is 0 Å². The summed E-state index contributed by atoms with van der Waals surface area (Å²) in [5.41, 5.74) is 12.8. The van der Waals surface area contributed by atoms with Gasteiger partial charge in [0, 0.05) is 41.5 Å². The number of nitrogens with two attached hydrogens (primary N) is 2. The van der Waals surface area contributed by atoms with Crippen LogP contribution in [0.3, 0.4) is 0 Å². The highest BCUT2D eigenvalue weighted by molar-refractivity contribution is 6.30.